The SMILES string of the molecule is O=C1CC/[N+](=C/c2ccc3ccccc3c2)N1. The first-order valence-electron chi connectivity index (χ1n) is 5.71. The lowest BCUT2D eigenvalue weighted by atomic mass is 10.1. The molecule has 17 heavy (non-hydrogen) atoms. The summed E-state index contributed by atoms with van der Waals surface area (Å²) < 4.78 is 1.84. The standard InChI is InChI=1S/C14H12N2O/c17-14-7-8-16(15-14)10-11-5-6-12-3-1-2-4-13(12)9-11/h1-6,9-10H,7-8H2/p+1/b16-10-. The Labute approximate surface area is 99.4 Å². The van der Waals surface area contributed by atoms with Crippen molar-refractivity contribution in [2.24, 2.45) is 0 Å². The maximum atomic E-state index is 11.1. The molecule has 1 heterocycles. The molecule has 2 aromatic carbocycles. The molecule has 0 saturated carbocycles. The van der Waals surface area contributed by atoms with E-state index in [-0.39, 0.29) is 5.91 Å². The van der Waals surface area contributed by atoms with Gasteiger partial charge in [-0.1, -0.05) is 30.3 Å². The minimum absolute atomic E-state index is 0.0852. The van der Waals surface area contributed by atoms with E-state index in [0.717, 1.165) is 12.1 Å². The Hall–Kier alpha value is -2.16. The molecular formula is C14H13N2O+. The zero-order chi connectivity index (χ0) is 11.7. The number of rotatable bonds is 1. The fourth-order valence-electron chi connectivity index (χ4n) is 2.06. The Morgan fingerprint density at radius 2 is 1.94 bits per heavy atom. The second kappa shape index (κ2) is 4.01. The van der Waals surface area contributed by atoms with Crippen LogP contribution in [0.5, 0.6) is 0 Å². The van der Waals surface area contributed by atoms with Gasteiger partial charge in [0.1, 0.15) is 0 Å². The molecule has 1 aliphatic rings. The molecule has 0 aliphatic carbocycles. The third kappa shape index (κ3) is 2.04. The number of benzene rings is 2. The highest BCUT2D eigenvalue weighted by atomic mass is 16.2. The zero-order valence-corrected chi connectivity index (χ0v) is 9.39. The van der Waals surface area contributed by atoms with E-state index >= 15 is 0 Å². The summed E-state index contributed by atoms with van der Waals surface area (Å²) in [7, 11) is 0. The van der Waals surface area contributed by atoms with E-state index in [2.05, 4.69) is 35.8 Å². The van der Waals surface area contributed by atoms with Gasteiger partial charge in [-0.25, -0.2) is 0 Å². The largest absolute Gasteiger partial charge is 0.280 e. The van der Waals surface area contributed by atoms with Gasteiger partial charge in [0.05, 0.1) is 6.42 Å². The van der Waals surface area contributed by atoms with Crippen molar-refractivity contribution in [1.29, 1.82) is 0 Å². The normalized spacial score (nSPS) is 17.6. The first kappa shape index (κ1) is 10.0. The summed E-state index contributed by atoms with van der Waals surface area (Å²) >= 11 is 0. The molecule has 1 fully saturated rings. The van der Waals surface area contributed by atoms with Gasteiger partial charge in [0.2, 0.25) is 6.21 Å². The van der Waals surface area contributed by atoms with Crippen LogP contribution in [-0.4, -0.2) is 23.4 Å². The Morgan fingerprint density at radius 3 is 2.71 bits per heavy atom. The summed E-state index contributed by atoms with van der Waals surface area (Å²) in [5, 5.41) is 2.45. The van der Waals surface area contributed by atoms with Crippen molar-refractivity contribution in [2.45, 2.75) is 6.42 Å². The van der Waals surface area contributed by atoms with E-state index in [4.69, 9.17) is 0 Å². The number of carbonyl (C=O) groups excluding carboxylic acids is 1. The minimum atomic E-state index is 0.0852. The summed E-state index contributed by atoms with van der Waals surface area (Å²) in [5.41, 5.74) is 3.89. The third-order valence-corrected chi connectivity index (χ3v) is 2.93. The molecule has 1 aliphatic heterocycles. The minimum Gasteiger partial charge on any atom is -0.269 e. The third-order valence-electron chi connectivity index (χ3n) is 2.93. The highest BCUT2D eigenvalue weighted by Crippen LogP contribution is 2.14. The van der Waals surface area contributed by atoms with E-state index in [1.807, 2.05) is 23.0 Å². The smallest absolute Gasteiger partial charge is 0.269 e. The van der Waals surface area contributed by atoms with Gasteiger partial charge in [0, 0.05) is 5.56 Å². The number of carbonyl (C=O) groups is 1. The van der Waals surface area contributed by atoms with Crippen LogP contribution < -0.4 is 5.43 Å². The molecular weight excluding hydrogens is 212 g/mol. The second-order valence-electron chi connectivity index (χ2n) is 4.21. The van der Waals surface area contributed by atoms with Crippen LogP contribution in [0.15, 0.2) is 42.5 Å². The van der Waals surface area contributed by atoms with Crippen molar-refractivity contribution in [3.05, 3.63) is 48.0 Å². The number of hydrogen-bond acceptors (Lipinski definition) is 1. The molecule has 3 rings (SSSR count). The predicted octanol–water partition coefficient (Wildman–Crippen LogP) is 1.71. The van der Waals surface area contributed by atoms with Crippen molar-refractivity contribution >= 4 is 22.9 Å². The summed E-state index contributed by atoms with van der Waals surface area (Å²) in [6.07, 6.45) is 2.54. The molecule has 0 radical (unpaired) electrons. The van der Waals surface area contributed by atoms with E-state index in [0.29, 0.717) is 6.42 Å². The summed E-state index contributed by atoms with van der Waals surface area (Å²) in [6, 6.07) is 14.5. The van der Waals surface area contributed by atoms with Crippen LogP contribution in [0.3, 0.4) is 0 Å². The molecule has 0 aromatic heterocycles. The number of nitrogens with one attached hydrogen (secondary N) is 1. The van der Waals surface area contributed by atoms with Crippen molar-refractivity contribution in [2.75, 3.05) is 6.54 Å². The van der Waals surface area contributed by atoms with Crippen molar-refractivity contribution in [3.63, 3.8) is 0 Å². The average Bonchev–Trinajstić information content (AvgIpc) is 2.75. The zero-order valence-electron chi connectivity index (χ0n) is 9.39. The fourth-order valence-corrected chi connectivity index (χ4v) is 2.06. The Balaban J connectivity index is 1.98. The van der Waals surface area contributed by atoms with Gasteiger partial charge in [-0.05, 0) is 22.9 Å². The summed E-state index contributed by atoms with van der Waals surface area (Å²) in [5.74, 6) is 0.0852. The number of nitrogens with zero attached hydrogens (tertiary/aromatic N) is 1. The van der Waals surface area contributed by atoms with Crippen LogP contribution in [0.25, 0.3) is 10.8 Å². The lowest BCUT2D eigenvalue weighted by Crippen LogP contribution is -2.25. The van der Waals surface area contributed by atoms with Crippen LogP contribution in [0.4, 0.5) is 0 Å². The lowest BCUT2D eigenvalue weighted by Gasteiger charge is -1.98. The van der Waals surface area contributed by atoms with Crippen molar-refractivity contribution in [3.8, 4) is 0 Å². The highest BCUT2D eigenvalue weighted by Gasteiger charge is 2.20. The molecule has 3 heteroatoms. The highest BCUT2D eigenvalue weighted by molar-refractivity contribution is 5.89. The van der Waals surface area contributed by atoms with Crippen LogP contribution in [0.1, 0.15) is 12.0 Å². The quantitative estimate of drug-likeness (QED) is 0.736. The molecule has 1 saturated heterocycles. The Kier molecular flexibility index (Phi) is 2.37. The molecule has 2 aromatic rings. The Bertz CT molecular complexity index is 616. The fraction of sp³-hybridized carbons (Fsp3) is 0.143. The molecule has 1 N–H and O–H groups in total. The number of amides is 1. The molecule has 0 unspecified atom stereocenters. The van der Waals surface area contributed by atoms with E-state index in [1.165, 1.54) is 10.8 Å². The number of hydrogen-bond donors (Lipinski definition) is 1. The van der Waals surface area contributed by atoms with Crippen molar-refractivity contribution in [1.82, 2.24) is 5.43 Å². The number of fused-ring (bicyclic) bond motifs is 1. The first-order valence-corrected chi connectivity index (χ1v) is 5.71. The van der Waals surface area contributed by atoms with Crippen LogP contribution in [0.2, 0.25) is 0 Å². The van der Waals surface area contributed by atoms with E-state index in [1.54, 1.807) is 0 Å². The van der Waals surface area contributed by atoms with Gasteiger partial charge >= 0.3 is 0 Å². The predicted molar refractivity (Wildman–Crippen MR) is 67.0 cm³/mol. The monoisotopic (exact) mass is 225 g/mol. The van der Waals surface area contributed by atoms with Gasteiger partial charge in [-0.15, -0.1) is 10.1 Å². The Morgan fingerprint density at radius 1 is 1.12 bits per heavy atom. The summed E-state index contributed by atoms with van der Waals surface area (Å²) in [6.45, 7) is 0.742. The molecule has 0 spiro atoms. The molecule has 3 nitrogen and oxygen atoms in total. The van der Waals surface area contributed by atoms with Crippen molar-refractivity contribution < 1.29 is 9.48 Å². The topological polar surface area (TPSA) is 32.1 Å². The maximum Gasteiger partial charge on any atom is 0.280 e. The maximum absolute atomic E-state index is 11.1. The summed E-state index contributed by atoms with van der Waals surface area (Å²) in [4.78, 5) is 11.1. The number of hydrazone groups is 1. The van der Waals surface area contributed by atoms with E-state index < -0.39 is 0 Å². The molecule has 0 bridgehead atoms. The van der Waals surface area contributed by atoms with Gasteiger partial charge in [0.25, 0.3) is 5.91 Å². The molecule has 84 valence electrons. The first-order chi connectivity index (χ1) is 8.31. The average molecular weight is 225 g/mol. The van der Waals surface area contributed by atoms with Gasteiger partial charge < -0.3 is 0 Å². The molecule has 1 amide bonds. The lowest BCUT2D eigenvalue weighted by molar-refractivity contribution is -0.553. The van der Waals surface area contributed by atoms with E-state index in [9.17, 15) is 4.79 Å². The van der Waals surface area contributed by atoms with Crippen LogP contribution in [-0.2, 0) is 4.79 Å². The number of hydrazine groups is 1. The van der Waals surface area contributed by atoms with Crippen LogP contribution in [0, 0.1) is 0 Å². The van der Waals surface area contributed by atoms with Gasteiger partial charge in [0.15, 0.2) is 6.54 Å². The van der Waals surface area contributed by atoms with Gasteiger partial charge in [-0.3, -0.25) is 4.79 Å². The van der Waals surface area contributed by atoms with Crippen LogP contribution >= 0.6 is 0 Å². The second-order valence-corrected chi connectivity index (χ2v) is 4.21. The van der Waals surface area contributed by atoms with Gasteiger partial charge in [-0.2, -0.15) is 0 Å². The molecule has 0 atom stereocenters.